The molecule has 1 unspecified atom stereocenters. The van der Waals surface area contributed by atoms with E-state index in [1.807, 2.05) is 0 Å². The average molecular weight is 257 g/mol. The Kier molecular flexibility index (Phi) is 6.57. The van der Waals surface area contributed by atoms with E-state index >= 15 is 0 Å². The van der Waals surface area contributed by atoms with E-state index in [1.165, 1.54) is 0 Å². The van der Waals surface area contributed by atoms with Crippen LogP contribution in [0, 0.1) is 0 Å². The lowest BCUT2D eigenvalue weighted by atomic mass is 10.0. The van der Waals surface area contributed by atoms with Crippen LogP contribution in [-0.2, 0) is 4.74 Å². The number of methoxy groups -OCH3 is 1. The minimum absolute atomic E-state index is 0.292. The maximum atomic E-state index is 5.61. The standard InChI is InChI=1S/C14H31N3O/c1-14(2,3)17-10-8-16(9-11-17)13(12-18-4)6-5-7-15/h13H,5-12,15H2,1-4H3. The summed E-state index contributed by atoms with van der Waals surface area (Å²) >= 11 is 0. The average Bonchev–Trinajstić information content (AvgIpc) is 2.33. The summed E-state index contributed by atoms with van der Waals surface area (Å²) < 4.78 is 5.35. The molecular formula is C14H31N3O. The third-order valence-corrected chi connectivity index (χ3v) is 3.88. The maximum Gasteiger partial charge on any atom is 0.0618 e. The summed E-state index contributed by atoms with van der Waals surface area (Å²) in [7, 11) is 1.79. The molecule has 0 bridgehead atoms. The van der Waals surface area contributed by atoms with Gasteiger partial charge in [0, 0.05) is 44.9 Å². The zero-order valence-electron chi connectivity index (χ0n) is 12.6. The smallest absolute Gasteiger partial charge is 0.0618 e. The van der Waals surface area contributed by atoms with Crippen LogP contribution in [0.1, 0.15) is 33.6 Å². The van der Waals surface area contributed by atoms with Crippen molar-refractivity contribution in [3.05, 3.63) is 0 Å². The Balaban J connectivity index is 2.43. The third kappa shape index (κ3) is 4.84. The fourth-order valence-corrected chi connectivity index (χ4v) is 2.68. The molecule has 1 saturated heterocycles. The van der Waals surface area contributed by atoms with Crippen molar-refractivity contribution in [2.45, 2.75) is 45.2 Å². The predicted octanol–water partition coefficient (Wildman–Crippen LogP) is 1.16. The van der Waals surface area contributed by atoms with Gasteiger partial charge < -0.3 is 10.5 Å². The summed E-state index contributed by atoms with van der Waals surface area (Å²) in [5.74, 6) is 0. The normalized spacial score (nSPS) is 21.2. The number of nitrogens with zero attached hydrogens (tertiary/aromatic N) is 2. The van der Waals surface area contributed by atoms with Crippen molar-refractivity contribution in [3.8, 4) is 0 Å². The van der Waals surface area contributed by atoms with Crippen LogP contribution in [0.25, 0.3) is 0 Å². The van der Waals surface area contributed by atoms with E-state index in [9.17, 15) is 0 Å². The molecule has 0 radical (unpaired) electrons. The molecule has 1 fully saturated rings. The Hall–Kier alpha value is -0.160. The Morgan fingerprint density at radius 1 is 1.17 bits per heavy atom. The van der Waals surface area contributed by atoms with Crippen LogP contribution in [0.5, 0.6) is 0 Å². The lowest BCUT2D eigenvalue weighted by molar-refractivity contribution is 0.0159. The minimum Gasteiger partial charge on any atom is -0.383 e. The molecule has 0 amide bonds. The molecule has 1 aliphatic rings. The molecule has 1 aliphatic heterocycles. The van der Waals surface area contributed by atoms with E-state index in [2.05, 4.69) is 30.6 Å². The van der Waals surface area contributed by atoms with Gasteiger partial charge in [-0.25, -0.2) is 0 Å². The molecule has 0 aromatic carbocycles. The largest absolute Gasteiger partial charge is 0.383 e. The van der Waals surface area contributed by atoms with Crippen LogP contribution in [0.15, 0.2) is 0 Å². The van der Waals surface area contributed by atoms with Gasteiger partial charge in [-0.2, -0.15) is 0 Å². The molecule has 0 aliphatic carbocycles. The van der Waals surface area contributed by atoms with Gasteiger partial charge in [0.05, 0.1) is 6.61 Å². The SMILES string of the molecule is COCC(CCCN)N1CCN(C(C)(C)C)CC1. The molecule has 1 heterocycles. The Bertz CT molecular complexity index is 220. The highest BCUT2D eigenvalue weighted by atomic mass is 16.5. The Labute approximate surface area is 112 Å². The molecule has 4 nitrogen and oxygen atoms in total. The number of hydrogen-bond acceptors (Lipinski definition) is 4. The molecule has 0 aromatic rings. The number of ether oxygens (including phenoxy) is 1. The van der Waals surface area contributed by atoms with Crippen molar-refractivity contribution in [3.63, 3.8) is 0 Å². The lowest BCUT2D eigenvalue weighted by Gasteiger charge is -2.44. The first kappa shape index (κ1) is 15.9. The van der Waals surface area contributed by atoms with Gasteiger partial charge in [-0.3, -0.25) is 9.80 Å². The van der Waals surface area contributed by atoms with Gasteiger partial charge in [-0.05, 0) is 40.2 Å². The van der Waals surface area contributed by atoms with Crippen LogP contribution in [0.4, 0.5) is 0 Å². The second-order valence-electron chi connectivity index (χ2n) is 6.23. The van der Waals surface area contributed by atoms with Gasteiger partial charge in [0.2, 0.25) is 0 Å². The summed E-state index contributed by atoms with van der Waals surface area (Å²) in [5.41, 5.74) is 5.91. The fourth-order valence-electron chi connectivity index (χ4n) is 2.68. The van der Waals surface area contributed by atoms with Gasteiger partial charge in [0.25, 0.3) is 0 Å². The fraction of sp³-hybridized carbons (Fsp3) is 1.00. The van der Waals surface area contributed by atoms with Crippen LogP contribution in [0.3, 0.4) is 0 Å². The second-order valence-corrected chi connectivity index (χ2v) is 6.23. The van der Waals surface area contributed by atoms with Crippen LogP contribution >= 0.6 is 0 Å². The molecule has 108 valence electrons. The van der Waals surface area contributed by atoms with Gasteiger partial charge >= 0.3 is 0 Å². The highest BCUT2D eigenvalue weighted by Gasteiger charge is 2.28. The maximum absolute atomic E-state index is 5.61. The van der Waals surface area contributed by atoms with Gasteiger partial charge in [-0.1, -0.05) is 0 Å². The number of rotatable bonds is 6. The topological polar surface area (TPSA) is 41.7 Å². The van der Waals surface area contributed by atoms with E-state index in [0.717, 1.165) is 52.2 Å². The van der Waals surface area contributed by atoms with Crippen molar-refractivity contribution in [1.82, 2.24) is 9.80 Å². The first-order valence-corrected chi connectivity index (χ1v) is 7.17. The molecule has 0 spiro atoms. The summed E-state index contributed by atoms with van der Waals surface area (Å²) in [6.45, 7) is 13.1. The number of piperazine rings is 1. The van der Waals surface area contributed by atoms with E-state index in [-0.39, 0.29) is 0 Å². The molecule has 1 rings (SSSR count). The monoisotopic (exact) mass is 257 g/mol. The van der Waals surface area contributed by atoms with Crippen molar-refractivity contribution in [2.75, 3.05) is 46.4 Å². The van der Waals surface area contributed by atoms with Crippen molar-refractivity contribution >= 4 is 0 Å². The summed E-state index contributed by atoms with van der Waals surface area (Å²) in [5, 5.41) is 0. The molecule has 18 heavy (non-hydrogen) atoms. The first-order valence-electron chi connectivity index (χ1n) is 7.17. The predicted molar refractivity (Wildman–Crippen MR) is 76.9 cm³/mol. The van der Waals surface area contributed by atoms with E-state index in [1.54, 1.807) is 7.11 Å². The van der Waals surface area contributed by atoms with Crippen molar-refractivity contribution < 1.29 is 4.74 Å². The number of nitrogens with two attached hydrogens (primary N) is 1. The van der Waals surface area contributed by atoms with E-state index in [4.69, 9.17) is 10.5 Å². The van der Waals surface area contributed by atoms with Crippen LogP contribution in [-0.4, -0.2) is 67.8 Å². The molecule has 0 saturated carbocycles. The highest BCUT2D eigenvalue weighted by Crippen LogP contribution is 2.18. The second kappa shape index (κ2) is 7.43. The Morgan fingerprint density at radius 3 is 2.22 bits per heavy atom. The van der Waals surface area contributed by atoms with Gasteiger partial charge in [0.1, 0.15) is 0 Å². The highest BCUT2D eigenvalue weighted by molar-refractivity contribution is 4.84. The van der Waals surface area contributed by atoms with E-state index < -0.39 is 0 Å². The quantitative estimate of drug-likeness (QED) is 0.775. The molecule has 2 N–H and O–H groups in total. The number of hydrogen-bond donors (Lipinski definition) is 1. The zero-order valence-corrected chi connectivity index (χ0v) is 12.6. The summed E-state index contributed by atoms with van der Waals surface area (Å²) in [4.78, 5) is 5.14. The Morgan fingerprint density at radius 2 is 1.78 bits per heavy atom. The summed E-state index contributed by atoms with van der Waals surface area (Å²) in [6.07, 6.45) is 2.24. The zero-order chi connectivity index (χ0) is 13.6. The van der Waals surface area contributed by atoms with Gasteiger partial charge in [-0.15, -0.1) is 0 Å². The minimum atomic E-state index is 0.292. The first-order chi connectivity index (χ1) is 8.49. The lowest BCUT2D eigenvalue weighted by Crippen LogP contribution is -2.56. The molecular weight excluding hydrogens is 226 g/mol. The third-order valence-electron chi connectivity index (χ3n) is 3.88. The molecule has 1 atom stereocenters. The van der Waals surface area contributed by atoms with Crippen molar-refractivity contribution in [2.24, 2.45) is 5.73 Å². The van der Waals surface area contributed by atoms with Gasteiger partial charge in [0.15, 0.2) is 0 Å². The summed E-state index contributed by atoms with van der Waals surface area (Å²) in [6, 6.07) is 0.542. The van der Waals surface area contributed by atoms with Crippen molar-refractivity contribution in [1.29, 1.82) is 0 Å². The molecule has 0 aromatic heterocycles. The van der Waals surface area contributed by atoms with E-state index in [0.29, 0.717) is 11.6 Å². The van der Waals surface area contributed by atoms with Crippen LogP contribution in [0.2, 0.25) is 0 Å². The molecule has 4 heteroatoms. The van der Waals surface area contributed by atoms with Crippen LogP contribution < -0.4 is 5.73 Å².